The summed E-state index contributed by atoms with van der Waals surface area (Å²) in [6, 6.07) is 15.1. The Kier molecular flexibility index (Phi) is 6.51. The number of aliphatic hydroxyl groups excluding tert-OH is 1. The molecule has 1 unspecified atom stereocenters. The van der Waals surface area contributed by atoms with Crippen LogP contribution < -0.4 is 15.5 Å². The predicted molar refractivity (Wildman–Crippen MR) is 126 cm³/mol. The van der Waals surface area contributed by atoms with Crippen LogP contribution in [0.4, 0.5) is 5.69 Å². The van der Waals surface area contributed by atoms with Crippen LogP contribution in [0.15, 0.2) is 48.5 Å². The van der Waals surface area contributed by atoms with E-state index >= 15 is 0 Å². The third-order valence-electron chi connectivity index (χ3n) is 6.01. The van der Waals surface area contributed by atoms with Gasteiger partial charge in [0.25, 0.3) is 5.91 Å². The van der Waals surface area contributed by atoms with Crippen molar-refractivity contribution in [2.24, 2.45) is 0 Å². The second-order valence-corrected chi connectivity index (χ2v) is 8.88. The summed E-state index contributed by atoms with van der Waals surface area (Å²) >= 11 is 6.06. The van der Waals surface area contributed by atoms with Gasteiger partial charge in [0, 0.05) is 47.8 Å². The standard InChI is InChI=1S/C24H29ClN4O2/c1-29(2)18-10-7-15(8-11-18)23(30)27-20-5-3-4-6-21(20)28-24(31)22-14-16-13-17(25)9-12-19(16)26-22/h7-14,20-21,23,26-27,30H,3-6H2,1-2H3,(H,28,31)/t20-,21+,23?/m1/s1. The van der Waals surface area contributed by atoms with Crippen molar-refractivity contribution >= 4 is 34.1 Å². The summed E-state index contributed by atoms with van der Waals surface area (Å²) in [7, 11) is 3.97. The Morgan fingerprint density at radius 2 is 1.81 bits per heavy atom. The molecule has 3 atom stereocenters. The van der Waals surface area contributed by atoms with E-state index in [2.05, 4.69) is 15.6 Å². The van der Waals surface area contributed by atoms with Crippen molar-refractivity contribution in [3.63, 3.8) is 0 Å². The summed E-state index contributed by atoms with van der Waals surface area (Å²) in [5, 5.41) is 18.8. The molecule has 4 rings (SSSR count). The second kappa shape index (κ2) is 9.30. The third kappa shape index (κ3) is 5.03. The van der Waals surface area contributed by atoms with E-state index in [0.717, 1.165) is 47.8 Å². The quantitative estimate of drug-likeness (QED) is 0.433. The molecule has 1 heterocycles. The topological polar surface area (TPSA) is 80.4 Å². The molecule has 0 radical (unpaired) electrons. The first-order chi connectivity index (χ1) is 14.9. The smallest absolute Gasteiger partial charge is 0.268 e. The van der Waals surface area contributed by atoms with Gasteiger partial charge in [0.05, 0.1) is 0 Å². The molecule has 31 heavy (non-hydrogen) atoms. The molecule has 164 valence electrons. The Hall–Kier alpha value is -2.54. The second-order valence-electron chi connectivity index (χ2n) is 8.44. The zero-order chi connectivity index (χ0) is 22.0. The minimum atomic E-state index is -0.783. The van der Waals surface area contributed by atoms with Crippen molar-refractivity contribution in [3.8, 4) is 0 Å². The monoisotopic (exact) mass is 440 g/mol. The van der Waals surface area contributed by atoms with Gasteiger partial charge in [-0.05, 0) is 54.8 Å². The molecule has 1 amide bonds. The van der Waals surface area contributed by atoms with E-state index in [1.165, 1.54) is 0 Å². The first-order valence-electron chi connectivity index (χ1n) is 10.7. The number of rotatable bonds is 6. The third-order valence-corrected chi connectivity index (χ3v) is 6.24. The number of aromatic nitrogens is 1. The number of H-pyrrole nitrogens is 1. The molecule has 3 aromatic rings. The first-order valence-corrected chi connectivity index (χ1v) is 11.1. The Balaban J connectivity index is 1.43. The summed E-state index contributed by atoms with van der Waals surface area (Å²) in [6.07, 6.45) is 3.12. The van der Waals surface area contributed by atoms with E-state index in [4.69, 9.17) is 11.6 Å². The summed E-state index contributed by atoms with van der Waals surface area (Å²) in [6.45, 7) is 0. The molecule has 1 aliphatic carbocycles. The van der Waals surface area contributed by atoms with E-state index in [1.54, 1.807) is 6.07 Å². The number of carbonyl (C=O) groups is 1. The Bertz CT molecular complexity index is 1050. The van der Waals surface area contributed by atoms with Gasteiger partial charge in [-0.15, -0.1) is 0 Å². The molecule has 0 bridgehead atoms. The van der Waals surface area contributed by atoms with Crippen molar-refractivity contribution in [2.75, 3.05) is 19.0 Å². The first kappa shape index (κ1) is 21.7. The number of nitrogens with zero attached hydrogens (tertiary/aromatic N) is 1. The number of hydrogen-bond acceptors (Lipinski definition) is 4. The fraction of sp³-hybridized carbons (Fsp3) is 0.375. The number of aromatic amines is 1. The molecule has 1 aliphatic rings. The van der Waals surface area contributed by atoms with Gasteiger partial charge in [-0.25, -0.2) is 0 Å². The van der Waals surface area contributed by atoms with Gasteiger partial charge < -0.3 is 20.3 Å². The van der Waals surface area contributed by atoms with Crippen LogP contribution in [0.2, 0.25) is 5.02 Å². The number of fused-ring (bicyclic) bond motifs is 1. The highest BCUT2D eigenvalue weighted by Crippen LogP contribution is 2.24. The maximum absolute atomic E-state index is 12.9. The molecule has 6 nitrogen and oxygen atoms in total. The zero-order valence-corrected chi connectivity index (χ0v) is 18.6. The molecule has 0 saturated heterocycles. The number of benzene rings is 2. The van der Waals surface area contributed by atoms with E-state index in [-0.39, 0.29) is 18.0 Å². The number of nitrogens with one attached hydrogen (secondary N) is 3. The van der Waals surface area contributed by atoms with E-state index in [0.29, 0.717) is 10.7 Å². The number of carbonyl (C=O) groups excluding carboxylic acids is 1. The lowest BCUT2D eigenvalue weighted by Crippen LogP contribution is -2.52. The number of amides is 1. The average molecular weight is 441 g/mol. The normalized spacial score (nSPS) is 19.9. The van der Waals surface area contributed by atoms with Crippen LogP contribution in [0.3, 0.4) is 0 Å². The van der Waals surface area contributed by atoms with Crippen LogP contribution in [-0.2, 0) is 0 Å². The van der Waals surface area contributed by atoms with Crippen LogP contribution in [0.1, 0.15) is 48.0 Å². The number of hydrogen-bond donors (Lipinski definition) is 4. The minimum Gasteiger partial charge on any atom is -0.378 e. The van der Waals surface area contributed by atoms with Crippen molar-refractivity contribution in [3.05, 3.63) is 64.8 Å². The zero-order valence-electron chi connectivity index (χ0n) is 17.9. The molecule has 0 spiro atoms. The highest BCUT2D eigenvalue weighted by molar-refractivity contribution is 6.31. The summed E-state index contributed by atoms with van der Waals surface area (Å²) in [5.74, 6) is -0.143. The summed E-state index contributed by atoms with van der Waals surface area (Å²) < 4.78 is 0. The molecule has 1 aromatic heterocycles. The Labute approximate surface area is 187 Å². The van der Waals surface area contributed by atoms with Gasteiger partial charge in [0.2, 0.25) is 0 Å². The molecule has 2 aromatic carbocycles. The highest BCUT2D eigenvalue weighted by atomic mass is 35.5. The number of anilines is 1. The van der Waals surface area contributed by atoms with Crippen LogP contribution in [0.25, 0.3) is 10.9 Å². The Morgan fingerprint density at radius 3 is 2.52 bits per heavy atom. The molecule has 1 saturated carbocycles. The van der Waals surface area contributed by atoms with Gasteiger partial charge in [-0.2, -0.15) is 0 Å². The van der Waals surface area contributed by atoms with E-state index in [9.17, 15) is 9.90 Å². The lowest BCUT2D eigenvalue weighted by molar-refractivity contribution is 0.0835. The fourth-order valence-electron chi connectivity index (χ4n) is 4.23. The maximum Gasteiger partial charge on any atom is 0.268 e. The van der Waals surface area contributed by atoms with Crippen LogP contribution in [0, 0.1) is 0 Å². The molecular weight excluding hydrogens is 412 g/mol. The van der Waals surface area contributed by atoms with Crippen LogP contribution in [-0.4, -0.2) is 42.2 Å². The molecular formula is C24H29ClN4O2. The number of halogens is 1. The van der Waals surface area contributed by atoms with Gasteiger partial charge in [-0.1, -0.05) is 36.6 Å². The molecule has 1 fully saturated rings. The van der Waals surface area contributed by atoms with Gasteiger partial charge in [-0.3, -0.25) is 10.1 Å². The van der Waals surface area contributed by atoms with E-state index < -0.39 is 6.23 Å². The SMILES string of the molecule is CN(C)c1ccc(C(O)N[C@@H]2CCCC[C@@H]2NC(=O)c2cc3cc(Cl)ccc3[nH]2)cc1. The van der Waals surface area contributed by atoms with Crippen molar-refractivity contribution < 1.29 is 9.90 Å². The molecule has 4 N–H and O–H groups in total. The predicted octanol–water partition coefficient (Wildman–Crippen LogP) is 4.21. The maximum atomic E-state index is 12.9. The van der Waals surface area contributed by atoms with Gasteiger partial charge in [0.1, 0.15) is 11.9 Å². The van der Waals surface area contributed by atoms with Gasteiger partial charge in [0.15, 0.2) is 0 Å². The lowest BCUT2D eigenvalue weighted by atomic mass is 9.89. The highest BCUT2D eigenvalue weighted by Gasteiger charge is 2.29. The summed E-state index contributed by atoms with van der Waals surface area (Å²) in [4.78, 5) is 18.1. The molecule has 0 aliphatic heterocycles. The van der Waals surface area contributed by atoms with Crippen molar-refractivity contribution in [1.82, 2.24) is 15.6 Å². The van der Waals surface area contributed by atoms with Crippen LogP contribution in [0.5, 0.6) is 0 Å². The largest absolute Gasteiger partial charge is 0.378 e. The fourth-order valence-corrected chi connectivity index (χ4v) is 4.41. The van der Waals surface area contributed by atoms with Crippen molar-refractivity contribution in [2.45, 2.75) is 44.0 Å². The van der Waals surface area contributed by atoms with Crippen molar-refractivity contribution in [1.29, 1.82) is 0 Å². The van der Waals surface area contributed by atoms with E-state index in [1.807, 2.05) is 61.5 Å². The Morgan fingerprint density at radius 1 is 1.10 bits per heavy atom. The van der Waals surface area contributed by atoms with Gasteiger partial charge >= 0.3 is 0 Å². The summed E-state index contributed by atoms with van der Waals surface area (Å²) in [5.41, 5.74) is 3.29. The molecule has 7 heteroatoms. The lowest BCUT2D eigenvalue weighted by Gasteiger charge is -2.34. The van der Waals surface area contributed by atoms with Crippen LogP contribution >= 0.6 is 11.6 Å². The average Bonchev–Trinajstić information content (AvgIpc) is 3.18. The minimum absolute atomic E-state index is 0.0000445. The number of aliphatic hydroxyl groups is 1.